The Balaban J connectivity index is 1.75. The molecule has 0 radical (unpaired) electrons. The molecule has 0 atom stereocenters. The number of esters is 1. The number of nitrogens with zero attached hydrogens (tertiary/aromatic N) is 2. The molecule has 1 heterocycles. The van der Waals surface area contributed by atoms with Gasteiger partial charge in [-0.3, -0.25) is 4.79 Å². The second kappa shape index (κ2) is 9.36. The van der Waals surface area contributed by atoms with Crippen LogP contribution in [0.5, 0.6) is 5.75 Å². The Bertz CT molecular complexity index is 973. The smallest absolute Gasteiger partial charge is 0.362 e. The maximum absolute atomic E-state index is 12.2. The highest BCUT2D eigenvalue weighted by Crippen LogP contribution is 2.21. The summed E-state index contributed by atoms with van der Waals surface area (Å²) in [5.74, 6) is -0.769. The van der Waals surface area contributed by atoms with Crippen molar-refractivity contribution < 1.29 is 19.1 Å². The summed E-state index contributed by atoms with van der Waals surface area (Å²) in [6.45, 7) is 1.66. The van der Waals surface area contributed by atoms with Gasteiger partial charge < -0.3 is 14.8 Å². The zero-order valence-electron chi connectivity index (χ0n) is 15.1. The third kappa shape index (κ3) is 5.10. The molecule has 0 unspecified atom stereocenters. The minimum atomic E-state index is -0.606. The van der Waals surface area contributed by atoms with Crippen molar-refractivity contribution in [2.45, 2.75) is 6.92 Å². The van der Waals surface area contributed by atoms with Gasteiger partial charge in [0.2, 0.25) is 5.69 Å². The number of carbonyl (C=O) groups is 2. The molecule has 144 valence electrons. The van der Waals surface area contributed by atoms with Crippen LogP contribution in [-0.4, -0.2) is 34.9 Å². The Labute approximate surface area is 175 Å². The number of para-hydroxylation sites is 1. The van der Waals surface area contributed by atoms with Gasteiger partial charge in [-0.2, -0.15) is 5.10 Å². The minimum Gasteiger partial charge on any atom is -0.480 e. The molecule has 1 aromatic heterocycles. The molecule has 1 amide bonds. The van der Waals surface area contributed by atoms with E-state index in [9.17, 15) is 9.59 Å². The number of halogens is 1. The lowest BCUT2D eigenvalue weighted by atomic mass is 10.3. The maximum atomic E-state index is 12.2. The summed E-state index contributed by atoms with van der Waals surface area (Å²) < 4.78 is 13.1. The summed E-state index contributed by atoms with van der Waals surface area (Å²) in [7, 11) is 0. The average Bonchev–Trinajstić information content (AvgIpc) is 3.12. The third-order valence-corrected chi connectivity index (χ3v) is 4.31. The predicted molar refractivity (Wildman–Crippen MR) is 113 cm³/mol. The monoisotopic (exact) mass is 491 g/mol. The number of carbonyl (C=O) groups excluding carboxylic acids is 2. The second-order valence-corrected chi connectivity index (χ2v) is 6.94. The standard InChI is InChI=1S/C20H18IN3O4/c1-2-27-20(26)19-17(12-24(23-19)16-9-4-3-5-10-16)28-13-18(25)22-15-8-6-7-14(21)11-15/h3-12H,2,13H2,1H3,(H,22,25). The van der Waals surface area contributed by atoms with Crippen LogP contribution in [0.2, 0.25) is 0 Å². The van der Waals surface area contributed by atoms with Crippen molar-refractivity contribution in [1.82, 2.24) is 9.78 Å². The van der Waals surface area contributed by atoms with E-state index in [0.717, 1.165) is 9.26 Å². The lowest BCUT2D eigenvalue weighted by Gasteiger charge is -2.07. The molecule has 0 aliphatic carbocycles. The summed E-state index contributed by atoms with van der Waals surface area (Å²) in [4.78, 5) is 24.4. The molecule has 0 bridgehead atoms. The molecule has 0 aliphatic heterocycles. The van der Waals surface area contributed by atoms with Gasteiger partial charge in [-0.25, -0.2) is 9.48 Å². The van der Waals surface area contributed by atoms with E-state index in [0.29, 0.717) is 5.69 Å². The molecule has 0 aliphatic rings. The molecule has 28 heavy (non-hydrogen) atoms. The number of hydrogen-bond acceptors (Lipinski definition) is 5. The Morgan fingerprint density at radius 1 is 1.14 bits per heavy atom. The number of rotatable bonds is 7. The van der Waals surface area contributed by atoms with Gasteiger partial charge in [-0.05, 0) is 59.8 Å². The van der Waals surface area contributed by atoms with E-state index in [4.69, 9.17) is 9.47 Å². The lowest BCUT2D eigenvalue weighted by Crippen LogP contribution is -2.20. The van der Waals surface area contributed by atoms with Gasteiger partial charge in [0.15, 0.2) is 12.4 Å². The van der Waals surface area contributed by atoms with Crippen LogP contribution in [0.1, 0.15) is 17.4 Å². The van der Waals surface area contributed by atoms with E-state index in [-0.39, 0.29) is 30.6 Å². The van der Waals surface area contributed by atoms with Crippen molar-refractivity contribution in [2.24, 2.45) is 0 Å². The highest BCUT2D eigenvalue weighted by atomic mass is 127. The highest BCUT2D eigenvalue weighted by molar-refractivity contribution is 14.1. The first kappa shape index (κ1) is 19.9. The van der Waals surface area contributed by atoms with Crippen LogP contribution < -0.4 is 10.1 Å². The van der Waals surface area contributed by atoms with E-state index >= 15 is 0 Å². The molecule has 0 saturated carbocycles. The van der Waals surface area contributed by atoms with Crippen molar-refractivity contribution in [3.63, 3.8) is 0 Å². The SMILES string of the molecule is CCOC(=O)c1nn(-c2ccccc2)cc1OCC(=O)Nc1cccc(I)c1. The van der Waals surface area contributed by atoms with Gasteiger partial charge in [-0.1, -0.05) is 24.3 Å². The fourth-order valence-corrected chi connectivity index (χ4v) is 2.97. The Morgan fingerprint density at radius 3 is 2.64 bits per heavy atom. The number of nitrogens with one attached hydrogen (secondary N) is 1. The third-order valence-electron chi connectivity index (χ3n) is 3.64. The first-order valence-corrected chi connectivity index (χ1v) is 9.65. The zero-order chi connectivity index (χ0) is 19.9. The summed E-state index contributed by atoms with van der Waals surface area (Å²) in [5.41, 5.74) is 1.45. The summed E-state index contributed by atoms with van der Waals surface area (Å²) >= 11 is 2.17. The number of amides is 1. The van der Waals surface area contributed by atoms with Crippen molar-refractivity contribution in [2.75, 3.05) is 18.5 Å². The minimum absolute atomic E-state index is 0.0211. The van der Waals surface area contributed by atoms with Crippen LogP contribution in [0.25, 0.3) is 5.69 Å². The molecule has 3 rings (SSSR count). The van der Waals surface area contributed by atoms with Crippen LogP contribution in [0.3, 0.4) is 0 Å². The molecule has 7 nitrogen and oxygen atoms in total. The Morgan fingerprint density at radius 2 is 1.93 bits per heavy atom. The maximum Gasteiger partial charge on any atom is 0.362 e. The van der Waals surface area contributed by atoms with Gasteiger partial charge in [0.25, 0.3) is 5.91 Å². The second-order valence-electron chi connectivity index (χ2n) is 5.69. The fourth-order valence-electron chi connectivity index (χ4n) is 2.42. The molecule has 0 fully saturated rings. The summed E-state index contributed by atoms with van der Waals surface area (Å²) in [6.07, 6.45) is 1.56. The molecule has 8 heteroatoms. The van der Waals surface area contributed by atoms with E-state index in [1.165, 1.54) is 4.68 Å². The van der Waals surface area contributed by atoms with E-state index < -0.39 is 5.97 Å². The zero-order valence-corrected chi connectivity index (χ0v) is 17.3. The van der Waals surface area contributed by atoms with Crippen molar-refractivity contribution >= 4 is 40.2 Å². The first-order valence-electron chi connectivity index (χ1n) is 8.57. The van der Waals surface area contributed by atoms with Crippen molar-refractivity contribution in [3.05, 3.63) is 70.1 Å². The number of ether oxygens (including phenoxy) is 2. The van der Waals surface area contributed by atoms with Gasteiger partial charge >= 0.3 is 5.97 Å². The molecule has 0 saturated heterocycles. The molecule has 3 aromatic rings. The normalized spacial score (nSPS) is 10.4. The van der Waals surface area contributed by atoms with Crippen LogP contribution >= 0.6 is 22.6 Å². The van der Waals surface area contributed by atoms with E-state index in [2.05, 4.69) is 33.0 Å². The van der Waals surface area contributed by atoms with E-state index in [1.807, 2.05) is 48.5 Å². The summed E-state index contributed by atoms with van der Waals surface area (Å²) in [6, 6.07) is 16.7. The summed E-state index contributed by atoms with van der Waals surface area (Å²) in [5, 5.41) is 7.01. The Hall–Kier alpha value is -2.88. The van der Waals surface area contributed by atoms with Gasteiger partial charge in [-0.15, -0.1) is 0 Å². The molecular formula is C20H18IN3O4. The van der Waals surface area contributed by atoms with Crippen molar-refractivity contribution in [1.29, 1.82) is 0 Å². The Kier molecular flexibility index (Phi) is 6.64. The average molecular weight is 491 g/mol. The molecular weight excluding hydrogens is 473 g/mol. The predicted octanol–water partition coefficient (Wildman–Crippen LogP) is 3.67. The number of benzene rings is 2. The van der Waals surface area contributed by atoms with Crippen molar-refractivity contribution in [3.8, 4) is 11.4 Å². The van der Waals surface area contributed by atoms with Gasteiger partial charge in [0.05, 0.1) is 18.5 Å². The largest absolute Gasteiger partial charge is 0.480 e. The lowest BCUT2D eigenvalue weighted by molar-refractivity contribution is -0.118. The van der Waals surface area contributed by atoms with Gasteiger partial charge in [0, 0.05) is 9.26 Å². The number of hydrogen-bond donors (Lipinski definition) is 1. The van der Waals surface area contributed by atoms with Crippen LogP contribution in [0.15, 0.2) is 60.8 Å². The number of aromatic nitrogens is 2. The quantitative estimate of drug-likeness (QED) is 0.403. The van der Waals surface area contributed by atoms with Crippen LogP contribution in [0.4, 0.5) is 5.69 Å². The molecule has 2 aromatic carbocycles. The topological polar surface area (TPSA) is 82.4 Å². The highest BCUT2D eigenvalue weighted by Gasteiger charge is 2.21. The van der Waals surface area contributed by atoms with Gasteiger partial charge in [0.1, 0.15) is 0 Å². The fraction of sp³-hybridized carbons (Fsp3) is 0.150. The molecule has 0 spiro atoms. The van der Waals surface area contributed by atoms with Crippen LogP contribution in [0, 0.1) is 3.57 Å². The van der Waals surface area contributed by atoms with Crippen LogP contribution in [-0.2, 0) is 9.53 Å². The first-order chi connectivity index (χ1) is 13.6. The molecule has 1 N–H and O–H groups in total. The number of anilines is 1. The van der Waals surface area contributed by atoms with E-state index in [1.54, 1.807) is 19.2 Å².